The van der Waals surface area contributed by atoms with Crippen LogP contribution in [-0.2, 0) is 22.4 Å². The second-order valence-electron chi connectivity index (χ2n) is 16.0. The van der Waals surface area contributed by atoms with Gasteiger partial charge in [0, 0.05) is 61.3 Å². The molecule has 0 bridgehead atoms. The third-order valence-corrected chi connectivity index (χ3v) is 10.9. The number of hydrogen-bond acceptors (Lipinski definition) is 10. The number of pyridine rings is 1. The Morgan fingerprint density at radius 3 is 2.34 bits per heavy atom. The number of anilines is 2. The van der Waals surface area contributed by atoms with Gasteiger partial charge in [-0.1, -0.05) is 41.1 Å². The highest BCUT2D eigenvalue weighted by atomic mass is 35.5. The quantitative estimate of drug-likeness (QED) is 0.189. The van der Waals surface area contributed by atoms with Crippen molar-refractivity contribution in [3.63, 3.8) is 0 Å². The fraction of sp³-hybridized carbons (Fsp3) is 0.390. The third-order valence-electron chi connectivity index (χ3n) is 9.59. The minimum Gasteiger partial charge on any atom is -0.444 e. The van der Waals surface area contributed by atoms with Gasteiger partial charge in [0.25, 0.3) is 0 Å². The number of likely N-dealkylation sites (N-methyl/N-ethyl adjacent to an activating group) is 1. The Kier molecular flexibility index (Phi) is 10.3. The molecular weight excluding hydrogens is 760 g/mol. The van der Waals surface area contributed by atoms with Gasteiger partial charge in [-0.2, -0.15) is 5.26 Å². The lowest BCUT2D eigenvalue weighted by atomic mass is 9.90. The summed E-state index contributed by atoms with van der Waals surface area (Å²) in [6.07, 6.45) is -0.496. The number of ether oxygens (including phenoxy) is 2. The largest absolute Gasteiger partial charge is 0.444 e. The van der Waals surface area contributed by atoms with E-state index in [0.29, 0.717) is 55.9 Å². The lowest BCUT2D eigenvalue weighted by molar-refractivity contribution is 0.0240. The standard InChI is InChI=1S/C41H42ClF2N7O4S/c1-40(2,3)54-38(52)48-37-47-34-25(11-12-29(43)36(34)56-37)30-28(42)19-26-33(31(30)44)46-32(24-10-8-9-22-21-49(7)14-13-23(22)24)27(20-45)35(26)50-15-17-51(18-16-50)39(53)55-41(4,5)6/h8-12,19H,13-18,21H2,1-7H3,(H,47,48,52). The van der Waals surface area contributed by atoms with Crippen LogP contribution < -0.4 is 10.2 Å². The zero-order valence-electron chi connectivity index (χ0n) is 32.3. The monoisotopic (exact) mass is 801 g/mol. The van der Waals surface area contributed by atoms with Crippen molar-refractivity contribution in [2.45, 2.75) is 65.7 Å². The number of nitrogens with one attached hydrogen (secondary N) is 1. The topological polar surface area (TPSA) is 124 Å². The highest BCUT2D eigenvalue weighted by molar-refractivity contribution is 7.22. The molecular formula is C41H42ClF2N7O4S. The average Bonchev–Trinajstić information content (AvgIpc) is 3.54. The number of amides is 2. The summed E-state index contributed by atoms with van der Waals surface area (Å²) in [6, 6.07) is 12.5. The summed E-state index contributed by atoms with van der Waals surface area (Å²) in [5.74, 6) is -1.39. The average molecular weight is 802 g/mol. The number of nitrogens with zero attached hydrogens (tertiary/aromatic N) is 6. The van der Waals surface area contributed by atoms with E-state index in [1.165, 1.54) is 12.1 Å². The summed E-state index contributed by atoms with van der Waals surface area (Å²) in [4.78, 5) is 40.8. The first kappa shape index (κ1) is 39.1. The molecule has 1 fully saturated rings. The number of fused-ring (bicyclic) bond motifs is 3. The van der Waals surface area contributed by atoms with E-state index in [4.69, 9.17) is 26.1 Å². The van der Waals surface area contributed by atoms with Gasteiger partial charge in [-0.15, -0.1) is 0 Å². The molecule has 0 atom stereocenters. The lowest BCUT2D eigenvalue weighted by Gasteiger charge is -2.37. The zero-order chi connectivity index (χ0) is 40.3. The Labute approximate surface area is 332 Å². The molecule has 0 saturated carbocycles. The van der Waals surface area contributed by atoms with Gasteiger partial charge in [0.05, 0.1) is 26.6 Å². The highest BCUT2D eigenvalue weighted by Crippen LogP contribution is 2.46. The molecule has 2 aliphatic heterocycles. The van der Waals surface area contributed by atoms with Crippen molar-refractivity contribution in [1.82, 2.24) is 19.8 Å². The van der Waals surface area contributed by atoms with Crippen LogP contribution in [-0.4, -0.2) is 82.9 Å². The molecule has 2 aliphatic rings. The molecule has 292 valence electrons. The van der Waals surface area contributed by atoms with Gasteiger partial charge < -0.3 is 24.2 Å². The lowest BCUT2D eigenvalue weighted by Crippen LogP contribution is -2.50. The zero-order valence-corrected chi connectivity index (χ0v) is 33.8. The van der Waals surface area contributed by atoms with E-state index in [1.807, 2.05) is 44.9 Å². The molecule has 4 heterocycles. The van der Waals surface area contributed by atoms with Gasteiger partial charge in [0.1, 0.15) is 34.2 Å². The normalized spacial score (nSPS) is 15.2. The Hall–Kier alpha value is -5.10. The molecule has 15 heteroatoms. The minimum absolute atomic E-state index is 0.00947. The van der Waals surface area contributed by atoms with Gasteiger partial charge >= 0.3 is 12.2 Å². The van der Waals surface area contributed by atoms with Crippen molar-refractivity contribution in [3.8, 4) is 28.5 Å². The van der Waals surface area contributed by atoms with Crippen LogP contribution in [0.3, 0.4) is 0 Å². The van der Waals surface area contributed by atoms with Crippen LogP contribution in [0.4, 0.5) is 29.2 Å². The summed E-state index contributed by atoms with van der Waals surface area (Å²) >= 11 is 7.88. The molecule has 3 aromatic carbocycles. The minimum atomic E-state index is -0.782. The number of halogens is 3. The van der Waals surface area contributed by atoms with Gasteiger partial charge in [-0.3, -0.25) is 5.32 Å². The number of rotatable bonds is 4. The molecule has 1 N–H and O–H groups in total. The second-order valence-corrected chi connectivity index (χ2v) is 17.4. The molecule has 2 aromatic heterocycles. The van der Waals surface area contributed by atoms with E-state index >= 15 is 8.78 Å². The summed E-state index contributed by atoms with van der Waals surface area (Å²) in [5.41, 5.74) is 2.67. The summed E-state index contributed by atoms with van der Waals surface area (Å²) in [5, 5.41) is 13.8. The van der Waals surface area contributed by atoms with E-state index in [9.17, 15) is 14.9 Å². The SMILES string of the molecule is CN1CCc2c(cccc2-c2nc3c(F)c(-c4ccc(F)c5sc(NC(=O)OC(C)(C)C)nc45)c(Cl)cc3c(N3CCN(C(=O)OC(C)(C)C)CC3)c2C#N)C1. The van der Waals surface area contributed by atoms with Crippen LogP contribution in [0.25, 0.3) is 43.5 Å². The van der Waals surface area contributed by atoms with Crippen molar-refractivity contribution in [2.24, 2.45) is 0 Å². The molecule has 2 amide bonds. The third kappa shape index (κ3) is 7.68. The van der Waals surface area contributed by atoms with E-state index in [0.717, 1.165) is 34.6 Å². The smallest absolute Gasteiger partial charge is 0.413 e. The maximum Gasteiger partial charge on any atom is 0.413 e. The Morgan fingerprint density at radius 1 is 0.946 bits per heavy atom. The van der Waals surface area contributed by atoms with Crippen LogP contribution in [0.1, 0.15) is 58.2 Å². The Morgan fingerprint density at radius 2 is 1.66 bits per heavy atom. The summed E-state index contributed by atoms with van der Waals surface area (Å²) in [6.45, 7) is 13.3. The van der Waals surface area contributed by atoms with Crippen LogP contribution >= 0.6 is 22.9 Å². The molecule has 5 aromatic rings. The van der Waals surface area contributed by atoms with Gasteiger partial charge in [-0.05, 0) is 84.3 Å². The molecule has 56 heavy (non-hydrogen) atoms. The summed E-state index contributed by atoms with van der Waals surface area (Å²) < 4.78 is 43.8. The fourth-order valence-corrected chi connectivity index (χ4v) is 8.40. The molecule has 11 nitrogen and oxygen atoms in total. The molecule has 0 spiro atoms. The van der Waals surface area contributed by atoms with Gasteiger partial charge in [-0.25, -0.2) is 28.3 Å². The highest BCUT2D eigenvalue weighted by Gasteiger charge is 2.32. The Bertz CT molecular complexity index is 2450. The predicted molar refractivity (Wildman–Crippen MR) is 215 cm³/mol. The number of thiazole rings is 1. The second kappa shape index (κ2) is 14.8. The first-order valence-corrected chi connectivity index (χ1v) is 19.5. The number of hydrogen-bond donors (Lipinski definition) is 1. The van der Waals surface area contributed by atoms with E-state index in [1.54, 1.807) is 31.7 Å². The number of piperazine rings is 1. The maximum atomic E-state index is 17.5. The Balaban J connectivity index is 1.41. The maximum absolute atomic E-state index is 17.5. The van der Waals surface area contributed by atoms with Crippen LogP contribution in [0.2, 0.25) is 5.02 Å². The molecule has 7 rings (SSSR count). The first-order chi connectivity index (χ1) is 26.4. The predicted octanol–water partition coefficient (Wildman–Crippen LogP) is 9.37. The molecule has 0 radical (unpaired) electrons. The number of benzene rings is 3. The van der Waals surface area contributed by atoms with Crippen LogP contribution in [0, 0.1) is 23.0 Å². The van der Waals surface area contributed by atoms with Crippen LogP contribution in [0.15, 0.2) is 36.4 Å². The van der Waals surface area contributed by atoms with Crippen molar-refractivity contribution < 1.29 is 27.8 Å². The number of carbonyl (C=O) groups is 2. The van der Waals surface area contributed by atoms with Crippen molar-refractivity contribution >= 4 is 67.1 Å². The number of nitriles is 1. The molecule has 0 unspecified atom stereocenters. The summed E-state index contributed by atoms with van der Waals surface area (Å²) in [7, 11) is 2.05. The molecule has 0 aliphatic carbocycles. The van der Waals surface area contributed by atoms with E-state index in [-0.39, 0.29) is 42.6 Å². The van der Waals surface area contributed by atoms with E-state index < -0.39 is 35.0 Å². The van der Waals surface area contributed by atoms with Crippen molar-refractivity contribution in [1.29, 1.82) is 5.26 Å². The van der Waals surface area contributed by atoms with E-state index in [2.05, 4.69) is 27.3 Å². The number of aromatic nitrogens is 2. The fourth-order valence-electron chi connectivity index (χ4n) is 7.22. The molecule has 1 saturated heterocycles. The van der Waals surface area contributed by atoms with Crippen LogP contribution in [0.5, 0.6) is 0 Å². The number of carbonyl (C=O) groups excluding carboxylic acids is 2. The van der Waals surface area contributed by atoms with Gasteiger partial charge in [0.2, 0.25) is 0 Å². The first-order valence-electron chi connectivity index (χ1n) is 18.3. The van der Waals surface area contributed by atoms with Crippen molar-refractivity contribution in [3.05, 3.63) is 69.7 Å². The van der Waals surface area contributed by atoms with Gasteiger partial charge in [0.15, 0.2) is 10.9 Å². The van der Waals surface area contributed by atoms with Crippen molar-refractivity contribution in [2.75, 3.05) is 50.0 Å².